The lowest BCUT2D eigenvalue weighted by molar-refractivity contribution is -0.280. The molecular weight excluding hydrogens is 532 g/mol. The standard InChI is InChI=1S/C27H26O13/c1-11-22(36-12(2)28)25(37-13(3)29)26(38-14(4)30)27(35-11)40-24-21(34)20-18(33)9-17(32)10-19(20)39-23(24)15-5-7-16(31)8-6-15/h5-11,22,25-27,31-33H,1-4H3/t11-,22-,25+,26+,27-/m0/s1. The summed E-state index contributed by atoms with van der Waals surface area (Å²) in [5, 5.41) is 29.8. The molecule has 0 bridgehead atoms. The van der Waals surface area contributed by atoms with Crippen LogP contribution in [0.25, 0.3) is 22.3 Å². The number of carbonyl (C=O) groups excluding carboxylic acids is 3. The second-order valence-corrected chi connectivity index (χ2v) is 9.02. The Morgan fingerprint density at radius 1 is 0.800 bits per heavy atom. The van der Waals surface area contributed by atoms with Crippen LogP contribution in [0, 0.1) is 0 Å². The summed E-state index contributed by atoms with van der Waals surface area (Å²) in [6, 6.07) is 7.54. The third kappa shape index (κ3) is 5.78. The molecule has 3 aromatic rings. The Labute approximate surface area is 226 Å². The number of hydrogen-bond acceptors (Lipinski definition) is 13. The van der Waals surface area contributed by atoms with Crippen molar-refractivity contribution >= 4 is 28.9 Å². The molecule has 0 unspecified atom stereocenters. The minimum absolute atomic E-state index is 0.0789. The monoisotopic (exact) mass is 558 g/mol. The topological polar surface area (TPSA) is 188 Å². The third-order valence-electron chi connectivity index (χ3n) is 5.91. The number of benzene rings is 2. The second-order valence-electron chi connectivity index (χ2n) is 9.02. The van der Waals surface area contributed by atoms with Crippen LogP contribution in [0.2, 0.25) is 0 Å². The molecule has 1 fully saturated rings. The Morgan fingerprint density at radius 3 is 1.98 bits per heavy atom. The van der Waals surface area contributed by atoms with Gasteiger partial charge in [-0.05, 0) is 31.2 Å². The van der Waals surface area contributed by atoms with Crippen molar-refractivity contribution in [2.24, 2.45) is 0 Å². The van der Waals surface area contributed by atoms with E-state index in [-0.39, 0.29) is 33.8 Å². The smallest absolute Gasteiger partial charge is 0.303 e. The number of hydrogen-bond donors (Lipinski definition) is 3. The van der Waals surface area contributed by atoms with E-state index in [2.05, 4.69) is 0 Å². The molecule has 2 heterocycles. The largest absolute Gasteiger partial charge is 0.508 e. The summed E-state index contributed by atoms with van der Waals surface area (Å²) in [5.41, 5.74) is -0.817. The number of phenols is 3. The minimum Gasteiger partial charge on any atom is -0.508 e. The van der Waals surface area contributed by atoms with Crippen LogP contribution in [-0.4, -0.2) is 63.9 Å². The predicted octanol–water partition coefficient (Wildman–Crippen LogP) is 2.50. The molecule has 40 heavy (non-hydrogen) atoms. The maximum absolute atomic E-state index is 13.7. The Balaban J connectivity index is 1.89. The predicted molar refractivity (Wildman–Crippen MR) is 135 cm³/mol. The molecule has 5 atom stereocenters. The first-order valence-corrected chi connectivity index (χ1v) is 12.0. The highest BCUT2D eigenvalue weighted by molar-refractivity contribution is 5.88. The number of rotatable bonds is 6. The summed E-state index contributed by atoms with van der Waals surface area (Å²) in [6.45, 7) is 4.81. The average molecular weight is 558 g/mol. The zero-order valence-electron chi connectivity index (χ0n) is 21.8. The summed E-state index contributed by atoms with van der Waals surface area (Å²) >= 11 is 0. The summed E-state index contributed by atoms with van der Waals surface area (Å²) in [5.74, 6) is -4.08. The number of carbonyl (C=O) groups is 3. The number of ether oxygens (including phenoxy) is 5. The van der Waals surface area contributed by atoms with Crippen molar-refractivity contribution in [2.45, 2.75) is 58.4 Å². The molecule has 1 aliphatic heterocycles. The van der Waals surface area contributed by atoms with Crippen LogP contribution in [-0.2, 0) is 33.3 Å². The highest BCUT2D eigenvalue weighted by atomic mass is 16.7. The van der Waals surface area contributed by atoms with Gasteiger partial charge in [0.2, 0.25) is 23.6 Å². The lowest BCUT2D eigenvalue weighted by Crippen LogP contribution is -2.62. The zero-order chi connectivity index (χ0) is 29.3. The van der Waals surface area contributed by atoms with Gasteiger partial charge in [-0.1, -0.05) is 0 Å². The molecule has 1 aliphatic rings. The Hall–Kier alpha value is -4.78. The highest BCUT2D eigenvalue weighted by Crippen LogP contribution is 2.38. The van der Waals surface area contributed by atoms with Crippen molar-refractivity contribution in [1.82, 2.24) is 0 Å². The molecule has 0 amide bonds. The van der Waals surface area contributed by atoms with Gasteiger partial charge in [0.05, 0.1) is 6.10 Å². The van der Waals surface area contributed by atoms with Gasteiger partial charge < -0.3 is 43.4 Å². The number of aromatic hydroxyl groups is 3. The van der Waals surface area contributed by atoms with E-state index >= 15 is 0 Å². The van der Waals surface area contributed by atoms with Gasteiger partial charge in [-0.15, -0.1) is 0 Å². The van der Waals surface area contributed by atoms with E-state index in [0.29, 0.717) is 0 Å². The van der Waals surface area contributed by atoms with Gasteiger partial charge >= 0.3 is 17.9 Å². The lowest BCUT2D eigenvalue weighted by atomic mass is 9.98. The fraction of sp³-hybridized carbons (Fsp3) is 0.333. The first kappa shape index (κ1) is 28.2. The Morgan fingerprint density at radius 2 is 1.38 bits per heavy atom. The van der Waals surface area contributed by atoms with E-state index in [4.69, 9.17) is 28.1 Å². The summed E-state index contributed by atoms with van der Waals surface area (Å²) in [7, 11) is 0. The zero-order valence-corrected chi connectivity index (χ0v) is 21.8. The quantitative estimate of drug-likeness (QED) is 0.296. The van der Waals surface area contributed by atoms with E-state index in [1.54, 1.807) is 0 Å². The molecule has 0 aliphatic carbocycles. The van der Waals surface area contributed by atoms with Crippen LogP contribution in [0.15, 0.2) is 45.6 Å². The molecule has 0 radical (unpaired) electrons. The molecule has 1 saturated heterocycles. The molecule has 212 valence electrons. The maximum Gasteiger partial charge on any atom is 0.303 e. The van der Waals surface area contributed by atoms with Crippen LogP contribution >= 0.6 is 0 Å². The van der Waals surface area contributed by atoms with Crippen molar-refractivity contribution < 1.29 is 57.8 Å². The van der Waals surface area contributed by atoms with E-state index in [1.165, 1.54) is 31.2 Å². The van der Waals surface area contributed by atoms with Crippen LogP contribution in [0.3, 0.4) is 0 Å². The fourth-order valence-electron chi connectivity index (χ4n) is 4.36. The molecule has 0 saturated carbocycles. The van der Waals surface area contributed by atoms with Gasteiger partial charge in [-0.3, -0.25) is 19.2 Å². The number of fused-ring (bicyclic) bond motifs is 1. The number of esters is 3. The highest BCUT2D eigenvalue weighted by Gasteiger charge is 2.52. The number of phenolic OH excluding ortho intramolecular Hbond substituents is 3. The normalized spacial score (nSPS) is 22.4. The lowest BCUT2D eigenvalue weighted by Gasteiger charge is -2.43. The van der Waals surface area contributed by atoms with Crippen LogP contribution in [0.5, 0.6) is 23.0 Å². The SMILES string of the molecule is CC(=O)O[C@@H]1[C@@H](OC(C)=O)[C@H](C)O[C@@H](Oc2c(-c3ccc(O)cc3)oc3cc(O)cc(O)c3c2=O)[C@@H]1OC(C)=O. The van der Waals surface area contributed by atoms with Crippen molar-refractivity contribution in [2.75, 3.05) is 0 Å². The van der Waals surface area contributed by atoms with Gasteiger partial charge in [0.25, 0.3) is 0 Å². The molecule has 13 nitrogen and oxygen atoms in total. The van der Waals surface area contributed by atoms with Crippen molar-refractivity contribution in [1.29, 1.82) is 0 Å². The van der Waals surface area contributed by atoms with Crippen molar-refractivity contribution in [3.63, 3.8) is 0 Å². The summed E-state index contributed by atoms with van der Waals surface area (Å²) in [4.78, 5) is 49.5. The minimum atomic E-state index is -1.61. The van der Waals surface area contributed by atoms with Gasteiger partial charge in [-0.2, -0.15) is 0 Å². The van der Waals surface area contributed by atoms with Crippen molar-refractivity contribution in [3.8, 4) is 34.3 Å². The van der Waals surface area contributed by atoms with E-state index in [0.717, 1.165) is 32.9 Å². The first-order chi connectivity index (χ1) is 18.8. The molecular formula is C27H26O13. The van der Waals surface area contributed by atoms with Crippen molar-refractivity contribution in [3.05, 3.63) is 46.6 Å². The van der Waals surface area contributed by atoms with E-state index in [1.807, 2.05) is 0 Å². The van der Waals surface area contributed by atoms with E-state index < -0.39 is 65.5 Å². The maximum atomic E-state index is 13.7. The fourth-order valence-corrected chi connectivity index (χ4v) is 4.36. The van der Waals surface area contributed by atoms with Crippen LogP contribution in [0.4, 0.5) is 0 Å². The molecule has 2 aromatic carbocycles. The molecule has 4 rings (SSSR count). The molecule has 13 heteroatoms. The average Bonchev–Trinajstić information content (AvgIpc) is 2.84. The third-order valence-corrected chi connectivity index (χ3v) is 5.91. The van der Waals surface area contributed by atoms with Gasteiger partial charge in [0.1, 0.15) is 28.2 Å². The second kappa shape index (κ2) is 11.1. The van der Waals surface area contributed by atoms with Crippen LogP contribution < -0.4 is 10.2 Å². The summed E-state index contributed by atoms with van der Waals surface area (Å²) in [6.07, 6.45) is -6.72. The molecule has 0 spiro atoms. The van der Waals surface area contributed by atoms with E-state index in [9.17, 15) is 34.5 Å². The Bertz CT molecular complexity index is 1510. The summed E-state index contributed by atoms with van der Waals surface area (Å²) < 4.78 is 33.7. The van der Waals surface area contributed by atoms with Crippen LogP contribution in [0.1, 0.15) is 27.7 Å². The molecule has 1 aromatic heterocycles. The first-order valence-electron chi connectivity index (χ1n) is 12.0. The van der Waals surface area contributed by atoms with Gasteiger partial charge in [0, 0.05) is 38.5 Å². The van der Waals surface area contributed by atoms with Gasteiger partial charge in [0.15, 0.2) is 18.0 Å². The Kier molecular flexibility index (Phi) is 7.86. The van der Waals surface area contributed by atoms with Gasteiger partial charge in [-0.25, -0.2) is 0 Å². The molecule has 3 N–H and O–H groups in total.